The Morgan fingerprint density at radius 1 is 1.06 bits per heavy atom. The maximum atomic E-state index is 7.51. The average molecular weight is 424 g/mol. The van der Waals surface area contributed by atoms with Gasteiger partial charge in [0.1, 0.15) is 17.5 Å². The minimum atomic E-state index is -0.00568. The normalized spacial score (nSPS) is 12.3. The van der Waals surface area contributed by atoms with Gasteiger partial charge < -0.3 is 20.6 Å². The summed E-state index contributed by atoms with van der Waals surface area (Å²) in [5.41, 5.74) is 12.5. The number of benzene rings is 3. The summed E-state index contributed by atoms with van der Waals surface area (Å²) in [5.74, 6) is 1.94. The number of hydrogen-bond acceptors (Lipinski definition) is 4. The van der Waals surface area contributed by atoms with E-state index in [0.717, 1.165) is 45.9 Å². The predicted octanol–water partition coefficient (Wildman–Crippen LogP) is 4.73. The highest BCUT2D eigenvalue weighted by Gasteiger charge is 2.13. The number of fused-ring (bicyclic) bond motifs is 2. The molecule has 0 aliphatic heterocycles. The molecule has 0 aliphatic rings. The number of hydrogen-bond donors (Lipinski definition) is 4. The fourth-order valence-corrected chi connectivity index (χ4v) is 4.02. The molecule has 5 aromatic rings. The van der Waals surface area contributed by atoms with Gasteiger partial charge in [0.2, 0.25) is 0 Å². The van der Waals surface area contributed by atoms with Crippen molar-refractivity contribution in [2.45, 2.75) is 26.4 Å². The molecule has 1 atom stereocenters. The van der Waals surface area contributed by atoms with Crippen molar-refractivity contribution in [3.05, 3.63) is 89.5 Å². The van der Waals surface area contributed by atoms with Gasteiger partial charge in [-0.1, -0.05) is 18.2 Å². The molecule has 0 fully saturated rings. The van der Waals surface area contributed by atoms with E-state index in [0.29, 0.717) is 5.56 Å². The molecule has 7 heteroatoms. The molecule has 160 valence electrons. The second-order valence-electron chi connectivity index (χ2n) is 8.06. The molecule has 5 rings (SSSR count). The Hall–Kier alpha value is -4.13. The Labute approximate surface area is 185 Å². The molecule has 0 spiro atoms. The zero-order valence-electron chi connectivity index (χ0n) is 18.1. The standard InChI is InChI=1S/C25H25N7/c1-15(28-19-10-8-18(9-11-19)24(26)27)25-30-20-12-7-17(13-22(20)31-25)14-32-16(2)29-21-5-3-4-6-23(21)32/h3-13,15,28H,14H2,1-2H3,(H3,26,27)(H,30,31). The van der Waals surface area contributed by atoms with Gasteiger partial charge in [-0.05, 0) is 67.9 Å². The van der Waals surface area contributed by atoms with Gasteiger partial charge >= 0.3 is 0 Å². The van der Waals surface area contributed by atoms with Crippen LogP contribution in [0.1, 0.15) is 35.7 Å². The minimum Gasteiger partial charge on any atom is -0.384 e. The largest absolute Gasteiger partial charge is 0.384 e. The van der Waals surface area contributed by atoms with Crippen LogP contribution in [0.15, 0.2) is 66.7 Å². The van der Waals surface area contributed by atoms with Crippen molar-refractivity contribution in [1.82, 2.24) is 19.5 Å². The van der Waals surface area contributed by atoms with Crippen molar-refractivity contribution < 1.29 is 0 Å². The van der Waals surface area contributed by atoms with E-state index < -0.39 is 0 Å². The summed E-state index contributed by atoms with van der Waals surface area (Å²) in [7, 11) is 0. The lowest BCUT2D eigenvalue weighted by Crippen LogP contribution is -2.11. The molecule has 2 aromatic heterocycles. The number of nitrogens with one attached hydrogen (secondary N) is 3. The molecule has 0 saturated carbocycles. The van der Waals surface area contributed by atoms with Crippen LogP contribution in [0.25, 0.3) is 22.1 Å². The number of anilines is 1. The number of aromatic amines is 1. The van der Waals surface area contributed by atoms with Crippen molar-refractivity contribution in [3.8, 4) is 0 Å². The van der Waals surface area contributed by atoms with E-state index >= 15 is 0 Å². The lowest BCUT2D eigenvalue weighted by molar-refractivity contribution is 0.786. The van der Waals surface area contributed by atoms with Crippen LogP contribution < -0.4 is 11.1 Å². The van der Waals surface area contributed by atoms with Crippen LogP contribution in [0.4, 0.5) is 5.69 Å². The van der Waals surface area contributed by atoms with E-state index in [9.17, 15) is 0 Å². The lowest BCUT2D eigenvalue weighted by Gasteiger charge is -2.13. The SMILES string of the molecule is Cc1nc2ccccc2n1Cc1ccc2nc(C(C)Nc3ccc(C(=N)N)cc3)[nH]c2c1. The molecule has 0 bridgehead atoms. The maximum Gasteiger partial charge on any atom is 0.129 e. The zero-order chi connectivity index (χ0) is 22.2. The van der Waals surface area contributed by atoms with Gasteiger partial charge in [0.25, 0.3) is 0 Å². The Balaban J connectivity index is 1.37. The van der Waals surface area contributed by atoms with E-state index in [1.807, 2.05) is 49.4 Å². The van der Waals surface area contributed by atoms with Crippen LogP contribution in [0.3, 0.4) is 0 Å². The Bertz CT molecular complexity index is 1430. The lowest BCUT2D eigenvalue weighted by atomic mass is 10.2. The number of aromatic nitrogens is 4. The summed E-state index contributed by atoms with van der Waals surface area (Å²) in [6, 6.07) is 22.1. The van der Waals surface area contributed by atoms with Crippen molar-refractivity contribution in [3.63, 3.8) is 0 Å². The van der Waals surface area contributed by atoms with Crippen molar-refractivity contribution in [1.29, 1.82) is 5.41 Å². The summed E-state index contributed by atoms with van der Waals surface area (Å²) < 4.78 is 2.24. The van der Waals surface area contributed by atoms with Crippen molar-refractivity contribution in [2.24, 2.45) is 5.73 Å². The molecule has 5 N–H and O–H groups in total. The third-order valence-electron chi connectivity index (χ3n) is 5.74. The van der Waals surface area contributed by atoms with Crippen LogP contribution >= 0.6 is 0 Å². The van der Waals surface area contributed by atoms with Crippen LogP contribution in [0.2, 0.25) is 0 Å². The van der Waals surface area contributed by atoms with Crippen LogP contribution in [-0.2, 0) is 6.54 Å². The molecule has 2 heterocycles. The maximum absolute atomic E-state index is 7.51. The summed E-state index contributed by atoms with van der Waals surface area (Å²) in [5, 5.41) is 11.0. The average Bonchev–Trinajstić information content (AvgIpc) is 3.35. The first-order valence-corrected chi connectivity index (χ1v) is 10.6. The molecule has 32 heavy (non-hydrogen) atoms. The van der Waals surface area contributed by atoms with E-state index in [1.54, 1.807) is 0 Å². The number of nitrogens with zero attached hydrogens (tertiary/aromatic N) is 3. The van der Waals surface area contributed by atoms with Gasteiger partial charge in [-0.15, -0.1) is 0 Å². The third-order valence-corrected chi connectivity index (χ3v) is 5.74. The van der Waals surface area contributed by atoms with Crippen LogP contribution in [-0.4, -0.2) is 25.4 Å². The van der Waals surface area contributed by atoms with E-state index in [2.05, 4.69) is 51.0 Å². The van der Waals surface area contributed by atoms with Gasteiger partial charge in [0, 0.05) is 17.8 Å². The number of aryl methyl sites for hydroxylation is 1. The van der Waals surface area contributed by atoms with Gasteiger partial charge in [0.15, 0.2) is 0 Å². The van der Waals surface area contributed by atoms with Gasteiger partial charge in [0.05, 0.1) is 28.1 Å². The van der Waals surface area contributed by atoms with E-state index in [-0.39, 0.29) is 11.9 Å². The number of nitrogens with two attached hydrogens (primary N) is 1. The predicted molar refractivity (Wildman–Crippen MR) is 129 cm³/mol. The molecule has 0 saturated heterocycles. The number of nitrogen functional groups attached to an aromatic ring is 1. The van der Waals surface area contributed by atoms with Crippen LogP contribution in [0, 0.1) is 12.3 Å². The van der Waals surface area contributed by atoms with Crippen molar-refractivity contribution in [2.75, 3.05) is 5.32 Å². The highest BCUT2D eigenvalue weighted by Crippen LogP contribution is 2.23. The first kappa shape index (κ1) is 19.8. The molecule has 7 nitrogen and oxygen atoms in total. The number of amidine groups is 1. The number of rotatable bonds is 6. The zero-order valence-corrected chi connectivity index (χ0v) is 18.1. The topological polar surface area (TPSA) is 108 Å². The monoisotopic (exact) mass is 423 g/mol. The first-order valence-electron chi connectivity index (χ1n) is 10.6. The summed E-state index contributed by atoms with van der Waals surface area (Å²) in [6.07, 6.45) is 0. The number of H-pyrrole nitrogens is 1. The third kappa shape index (κ3) is 3.69. The fourth-order valence-electron chi connectivity index (χ4n) is 4.02. The quantitative estimate of drug-likeness (QED) is 0.234. The Morgan fingerprint density at radius 3 is 2.62 bits per heavy atom. The van der Waals surface area contributed by atoms with Crippen LogP contribution in [0.5, 0.6) is 0 Å². The highest BCUT2D eigenvalue weighted by molar-refractivity contribution is 5.95. The highest BCUT2D eigenvalue weighted by atomic mass is 15.1. The van der Waals surface area contributed by atoms with E-state index in [4.69, 9.17) is 16.1 Å². The first-order chi connectivity index (χ1) is 15.5. The summed E-state index contributed by atoms with van der Waals surface area (Å²) >= 11 is 0. The Morgan fingerprint density at radius 2 is 1.84 bits per heavy atom. The minimum absolute atomic E-state index is 0.00568. The molecule has 0 aliphatic carbocycles. The Kier molecular flexibility index (Phi) is 4.86. The number of para-hydroxylation sites is 2. The molecule has 0 amide bonds. The molecule has 0 radical (unpaired) electrons. The number of imidazole rings is 2. The molecular formula is C25H25N7. The second-order valence-corrected chi connectivity index (χ2v) is 8.06. The van der Waals surface area contributed by atoms with Gasteiger partial charge in [-0.25, -0.2) is 9.97 Å². The summed E-state index contributed by atoms with van der Waals surface area (Å²) in [4.78, 5) is 12.9. The smallest absolute Gasteiger partial charge is 0.129 e. The van der Waals surface area contributed by atoms with Gasteiger partial charge in [-0.2, -0.15) is 0 Å². The second kappa shape index (κ2) is 7.85. The molecule has 1 unspecified atom stereocenters. The molecular weight excluding hydrogens is 398 g/mol. The van der Waals surface area contributed by atoms with E-state index in [1.165, 1.54) is 5.56 Å². The van der Waals surface area contributed by atoms with Gasteiger partial charge in [-0.3, -0.25) is 5.41 Å². The molecule has 3 aromatic carbocycles. The fraction of sp³-hybridized carbons (Fsp3) is 0.160. The summed E-state index contributed by atoms with van der Waals surface area (Å²) in [6.45, 7) is 4.87. The van der Waals surface area contributed by atoms with Crippen molar-refractivity contribution >= 4 is 33.6 Å².